The van der Waals surface area contributed by atoms with E-state index in [4.69, 9.17) is 5.73 Å². The summed E-state index contributed by atoms with van der Waals surface area (Å²) in [6, 6.07) is 7.79. The van der Waals surface area contributed by atoms with Gasteiger partial charge in [-0.25, -0.2) is 0 Å². The average Bonchev–Trinajstić information content (AvgIpc) is 2.18. The van der Waals surface area contributed by atoms with Crippen LogP contribution in [-0.4, -0.2) is 17.2 Å². The second kappa shape index (κ2) is 6.89. The number of thioether (sulfide) groups is 1. The smallest absolute Gasteiger partial charge is 0.238 e. The standard InChI is InChI=1S/C12H18N2OS.ClH/c1-12(2,3)16-10-6-4-9(5-7-10)14-11(15)8-13;/h4-7H,8,13H2,1-3H3,(H,14,15);1H. The number of amides is 1. The van der Waals surface area contributed by atoms with E-state index in [1.54, 1.807) is 11.8 Å². The molecule has 3 nitrogen and oxygen atoms in total. The number of hydrogen-bond donors (Lipinski definition) is 2. The van der Waals surface area contributed by atoms with Crippen molar-refractivity contribution in [1.29, 1.82) is 0 Å². The molecular formula is C12H19ClN2OS. The van der Waals surface area contributed by atoms with Crippen LogP contribution in [0.15, 0.2) is 29.2 Å². The van der Waals surface area contributed by atoms with Gasteiger partial charge in [-0.05, 0) is 24.3 Å². The Balaban J connectivity index is 0.00000256. The van der Waals surface area contributed by atoms with Gasteiger partial charge in [0.25, 0.3) is 0 Å². The van der Waals surface area contributed by atoms with Crippen LogP contribution in [0.5, 0.6) is 0 Å². The van der Waals surface area contributed by atoms with Crippen LogP contribution < -0.4 is 11.1 Å². The van der Waals surface area contributed by atoms with Crippen molar-refractivity contribution in [2.75, 3.05) is 11.9 Å². The molecule has 0 heterocycles. The molecule has 3 N–H and O–H groups in total. The predicted molar refractivity (Wildman–Crippen MR) is 77.0 cm³/mol. The lowest BCUT2D eigenvalue weighted by Gasteiger charge is -2.17. The van der Waals surface area contributed by atoms with Crippen molar-refractivity contribution in [1.82, 2.24) is 0 Å². The number of hydrogen-bond acceptors (Lipinski definition) is 3. The zero-order valence-electron chi connectivity index (χ0n) is 10.3. The Morgan fingerprint density at radius 2 is 1.82 bits per heavy atom. The molecule has 0 spiro atoms. The molecule has 0 radical (unpaired) electrons. The van der Waals surface area contributed by atoms with Gasteiger partial charge in [0.2, 0.25) is 5.91 Å². The SMILES string of the molecule is CC(C)(C)Sc1ccc(NC(=O)CN)cc1.Cl. The lowest BCUT2D eigenvalue weighted by molar-refractivity contribution is -0.114. The monoisotopic (exact) mass is 274 g/mol. The van der Waals surface area contributed by atoms with E-state index in [2.05, 4.69) is 26.1 Å². The summed E-state index contributed by atoms with van der Waals surface area (Å²) in [7, 11) is 0. The molecule has 0 aliphatic carbocycles. The van der Waals surface area contributed by atoms with Gasteiger partial charge in [-0.1, -0.05) is 20.8 Å². The zero-order chi connectivity index (χ0) is 12.2. The largest absolute Gasteiger partial charge is 0.325 e. The highest BCUT2D eigenvalue weighted by molar-refractivity contribution is 8.00. The van der Waals surface area contributed by atoms with Crippen LogP contribution in [-0.2, 0) is 4.79 Å². The van der Waals surface area contributed by atoms with E-state index in [0.717, 1.165) is 5.69 Å². The van der Waals surface area contributed by atoms with Gasteiger partial charge in [-0.3, -0.25) is 4.79 Å². The third kappa shape index (κ3) is 6.56. The van der Waals surface area contributed by atoms with E-state index >= 15 is 0 Å². The van der Waals surface area contributed by atoms with Crippen LogP contribution in [0.25, 0.3) is 0 Å². The average molecular weight is 275 g/mol. The molecule has 0 saturated heterocycles. The highest BCUT2D eigenvalue weighted by Crippen LogP contribution is 2.32. The third-order valence-corrected chi connectivity index (χ3v) is 2.87. The summed E-state index contributed by atoms with van der Waals surface area (Å²) in [5, 5.41) is 2.71. The zero-order valence-corrected chi connectivity index (χ0v) is 12.0. The van der Waals surface area contributed by atoms with Gasteiger partial charge in [0, 0.05) is 15.3 Å². The minimum absolute atomic E-state index is 0. The van der Waals surface area contributed by atoms with Crippen molar-refractivity contribution >= 4 is 35.8 Å². The topological polar surface area (TPSA) is 55.1 Å². The Labute approximate surface area is 113 Å². The summed E-state index contributed by atoms with van der Waals surface area (Å²) in [6.07, 6.45) is 0. The molecule has 17 heavy (non-hydrogen) atoms. The third-order valence-electron chi connectivity index (χ3n) is 1.75. The van der Waals surface area contributed by atoms with Crippen LogP contribution in [0.2, 0.25) is 0 Å². The van der Waals surface area contributed by atoms with Crippen LogP contribution >= 0.6 is 24.2 Å². The van der Waals surface area contributed by atoms with Crippen LogP contribution in [0.1, 0.15) is 20.8 Å². The van der Waals surface area contributed by atoms with E-state index in [1.807, 2.05) is 24.3 Å². The molecule has 0 unspecified atom stereocenters. The number of anilines is 1. The van der Waals surface area contributed by atoms with Crippen LogP contribution in [0, 0.1) is 0 Å². The molecular weight excluding hydrogens is 256 g/mol. The van der Waals surface area contributed by atoms with E-state index in [9.17, 15) is 4.79 Å². The molecule has 0 aromatic heterocycles. The molecule has 1 amide bonds. The Morgan fingerprint density at radius 1 is 1.29 bits per heavy atom. The molecule has 5 heteroatoms. The number of nitrogens with one attached hydrogen (secondary N) is 1. The first-order valence-corrected chi connectivity index (χ1v) is 6.01. The normalized spacial score (nSPS) is 10.6. The number of carbonyl (C=O) groups excluding carboxylic acids is 1. The first kappa shape index (κ1) is 16.3. The maximum atomic E-state index is 11.1. The Kier molecular flexibility index (Phi) is 6.60. The lowest BCUT2D eigenvalue weighted by atomic mass is 10.3. The van der Waals surface area contributed by atoms with E-state index in [-0.39, 0.29) is 29.6 Å². The van der Waals surface area contributed by atoms with Crippen molar-refractivity contribution in [2.45, 2.75) is 30.4 Å². The van der Waals surface area contributed by atoms with Crippen molar-refractivity contribution in [3.8, 4) is 0 Å². The first-order valence-electron chi connectivity index (χ1n) is 5.20. The van der Waals surface area contributed by atoms with Gasteiger partial charge in [-0.15, -0.1) is 24.2 Å². The fraction of sp³-hybridized carbons (Fsp3) is 0.417. The molecule has 1 aromatic carbocycles. The number of benzene rings is 1. The molecule has 1 aromatic rings. The van der Waals surface area contributed by atoms with Gasteiger partial charge < -0.3 is 11.1 Å². The minimum atomic E-state index is -0.170. The molecule has 96 valence electrons. The van der Waals surface area contributed by atoms with E-state index < -0.39 is 0 Å². The van der Waals surface area contributed by atoms with Gasteiger partial charge in [0.05, 0.1) is 6.54 Å². The van der Waals surface area contributed by atoms with Crippen molar-refractivity contribution in [3.63, 3.8) is 0 Å². The highest BCUT2D eigenvalue weighted by atomic mass is 35.5. The molecule has 1 rings (SSSR count). The molecule has 0 fully saturated rings. The lowest BCUT2D eigenvalue weighted by Crippen LogP contribution is -2.21. The predicted octanol–water partition coefficient (Wildman–Crippen LogP) is 2.90. The summed E-state index contributed by atoms with van der Waals surface area (Å²) in [5.41, 5.74) is 6.00. The number of nitrogens with two attached hydrogens (primary N) is 1. The maximum absolute atomic E-state index is 11.1. The van der Waals surface area contributed by atoms with Crippen molar-refractivity contribution < 1.29 is 4.79 Å². The fourth-order valence-corrected chi connectivity index (χ4v) is 2.15. The summed E-state index contributed by atoms with van der Waals surface area (Å²) in [6.45, 7) is 6.52. The Morgan fingerprint density at radius 3 is 2.24 bits per heavy atom. The van der Waals surface area contributed by atoms with E-state index in [1.165, 1.54) is 4.90 Å². The molecule has 0 atom stereocenters. The summed E-state index contributed by atoms with van der Waals surface area (Å²) in [4.78, 5) is 12.2. The molecule has 0 aliphatic heterocycles. The van der Waals surface area contributed by atoms with Crippen LogP contribution in [0.4, 0.5) is 5.69 Å². The summed E-state index contributed by atoms with van der Waals surface area (Å²) in [5.74, 6) is -0.170. The minimum Gasteiger partial charge on any atom is -0.325 e. The fourth-order valence-electron chi connectivity index (χ4n) is 1.17. The van der Waals surface area contributed by atoms with Crippen molar-refractivity contribution in [2.24, 2.45) is 5.73 Å². The molecule has 0 saturated carbocycles. The Bertz CT molecular complexity index is 360. The van der Waals surface area contributed by atoms with Crippen molar-refractivity contribution in [3.05, 3.63) is 24.3 Å². The number of rotatable bonds is 3. The maximum Gasteiger partial charge on any atom is 0.238 e. The second-order valence-electron chi connectivity index (χ2n) is 4.49. The number of carbonyl (C=O) groups is 1. The highest BCUT2D eigenvalue weighted by Gasteiger charge is 2.11. The molecule has 0 aliphatic rings. The van der Waals surface area contributed by atoms with Crippen LogP contribution in [0.3, 0.4) is 0 Å². The number of halogens is 1. The summed E-state index contributed by atoms with van der Waals surface area (Å²) < 4.78 is 0.196. The Hall–Kier alpha value is -0.710. The molecule has 0 bridgehead atoms. The van der Waals surface area contributed by atoms with Gasteiger partial charge in [0.1, 0.15) is 0 Å². The van der Waals surface area contributed by atoms with Gasteiger partial charge in [0.15, 0.2) is 0 Å². The quantitative estimate of drug-likeness (QED) is 0.834. The van der Waals surface area contributed by atoms with E-state index in [0.29, 0.717) is 0 Å². The van der Waals surface area contributed by atoms with Gasteiger partial charge in [-0.2, -0.15) is 0 Å². The summed E-state index contributed by atoms with van der Waals surface area (Å²) >= 11 is 1.80. The van der Waals surface area contributed by atoms with Gasteiger partial charge >= 0.3 is 0 Å². The second-order valence-corrected chi connectivity index (χ2v) is 6.39. The first-order chi connectivity index (χ1) is 7.40.